The quantitative estimate of drug-likeness (QED) is 0.0455. The lowest BCUT2D eigenvalue weighted by molar-refractivity contribution is 0.0458. The third-order valence-corrected chi connectivity index (χ3v) is 20.2. The Hall–Kier alpha value is -11.0. The molecule has 0 saturated carbocycles. The zero-order valence-electron chi connectivity index (χ0n) is 72.7. The number of amides is 2. The van der Waals surface area contributed by atoms with Crippen LogP contribution < -0.4 is 29.6 Å². The summed E-state index contributed by atoms with van der Waals surface area (Å²) in [5.74, 6) is -0.0817. The van der Waals surface area contributed by atoms with Gasteiger partial charge in [0.2, 0.25) is 0 Å². The zero-order chi connectivity index (χ0) is 84.7. The summed E-state index contributed by atoms with van der Waals surface area (Å²) in [5.41, 5.74) is 16.1. The first-order chi connectivity index (χ1) is 54.0. The van der Waals surface area contributed by atoms with E-state index in [2.05, 4.69) is 280 Å². The average Bonchev–Trinajstić information content (AvgIpc) is 1.01. The summed E-state index contributed by atoms with van der Waals surface area (Å²) in [5, 5.41) is 22.7. The molecule has 0 aliphatic heterocycles. The predicted molar refractivity (Wildman–Crippen MR) is 456 cm³/mol. The van der Waals surface area contributed by atoms with Gasteiger partial charge in [0.25, 0.3) is 11.8 Å². The summed E-state index contributed by atoms with van der Waals surface area (Å²) >= 11 is 0. The predicted octanol–water partition coefficient (Wildman–Crippen LogP) is 19.6. The van der Waals surface area contributed by atoms with Crippen molar-refractivity contribution in [3.63, 3.8) is 0 Å². The molecule has 0 unspecified atom stereocenters. The topological polar surface area (TPSA) is 235 Å². The van der Waals surface area contributed by atoms with Gasteiger partial charge in [-0.05, 0) is 159 Å². The van der Waals surface area contributed by atoms with Crippen LogP contribution in [0.5, 0.6) is 23.0 Å². The number of benzene rings is 6. The SMILES string of the molecule is CC(C)(C)c1cc(COc2cc(OCc3cc(C(C)(C)C)cc(C(C)(C)C)c3)cc(C(=O)OCc3cn(CCNC(=O)c4ccc(-c5ccc(C(=O)NCCn6cc(COC(=O)c7cc(OCc8cc(C(C)(C)C)cc(C(C)(C)C)c8)cc(OCc8cc(C(C)(C)C)cc(C(C)(C)C)c8)c7)nn6)cn5)nc4)nn3)c2)cc(C(C)(C)C)c1. The van der Waals surface area contributed by atoms with Crippen LogP contribution in [0, 0.1) is 0 Å². The van der Waals surface area contributed by atoms with E-state index < -0.39 is 11.9 Å². The molecule has 4 aromatic heterocycles. The summed E-state index contributed by atoms with van der Waals surface area (Å²) in [6.07, 6.45) is 6.24. The molecule has 0 aliphatic carbocycles. The van der Waals surface area contributed by atoms with Crippen molar-refractivity contribution in [2.45, 2.75) is 262 Å². The fraction of sp³-hybridized carbons (Fsp3) is 0.438. The van der Waals surface area contributed by atoms with E-state index in [9.17, 15) is 19.2 Å². The van der Waals surface area contributed by atoms with Crippen molar-refractivity contribution in [1.82, 2.24) is 50.6 Å². The molecule has 6 aromatic carbocycles. The summed E-state index contributed by atoms with van der Waals surface area (Å²) in [6.45, 7) is 54.7. The van der Waals surface area contributed by atoms with Crippen molar-refractivity contribution in [3.8, 4) is 34.4 Å². The highest BCUT2D eigenvalue weighted by Gasteiger charge is 2.28. The van der Waals surface area contributed by atoms with Crippen molar-refractivity contribution >= 4 is 23.8 Å². The molecule has 10 aromatic rings. The Morgan fingerprint density at radius 2 is 0.560 bits per heavy atom. The van der Waals surface area contributed by atoms with Crippen LogP contribution in [0.15, 0.2) is 158 Å². The van der Waals surface area contributed by atoms with Gasteiger partial charge in [-0.25, -0.2) is 9.59 Å². The van der Waals surface area contributed by atoms with Gasteiger partial charge in [-0.15, -0.1) is 10.2 Å². The van der Waals surface area contributed by atoms with E-state index >= 15 is 0 Å². The molecule has 0 bridgehead atoms. The minimum atomic E-state index is -0.596. The molecule has 116 heavy (non-hydrogen) atoms. The molecule has 0 aliphatic rings. The Balaban J connectivity index is 0.697. The molecule has 20 nitrogen and oxygen atoms in total. The number of hydrogen-bond acceptors (Lipinski definition) is 16. The van der Waals surface area contributed by atoms with Crippen LogP contribution in [0.1, 0.15) is 286 Å². The third-order valence-electron chi connectivity index (χ3n) is 20.2. The second kappa shape index (κ2) is 35.2. The Labute approximate surface area is 686 Å². The van der Waals surface area contributed by atoms with Crippen LogP contribution in [0.25, 0.3) is 11.4 Å². The lowest BCUT2D eigenvalue weighted by atomic mass is 9.79. The van der Waals surface area contributed by atoms with Crippen LogP contribution in [-0.4, -0.2) is 76.8 Å². The smallest absolute Gasteiger partial charge is 0.338 e. The lowest BCUT2D eigenvalue weighted by Gasteiger charge is -2.26. The summed E-state index contributed by atoms with van der Waals surface area (Å²) in [6, 6.07) is 43.6. The van der Waals surface area contributed by atoms with E-state index in [1.165, 1.54) is 56.9 Å². The van der Waals surface area contributed by atoms with E-state index in [0.29, 0.717) is 56.9 Å². The molecule has 0 fully saturated rings. The van der Waals surface area contributed by atoms with Crippen LogP contribution in [0.2, 0.25) is 0 Å². The van der Waals surface area contributed by atoms with E-state index in [-0.39, 0.29) is 132 Å². The minimum Gasteiger partial charge on any atom is -0.489 e. The van der Waals surface area contributed by atoms with Gasteiger partial charge in [-0.1, -0.05) is 249 Å². The van der Waals surface area contributed by atoms with Crippen molar-refractivity contribution < 1.29 is 47.6 Å². The number of hydrogen-bond donors (Lipinski definition) is 2. The maximum atomic E-state index is 14.0. The van der Waals surface area contributed by atoms with Crippen LogP contribution >= 0.6 is 0 Å². The number of carbonyl (C=O) groups excluding carboxylic acids is 4. The molecule has 20 heteroatoms. The third kappa shape index (κ3) is 24.5. The lowest BCUT2D eigenvalue weighted by Crippen LogP contribution is -2.27. The first-order valence-corrected chi connectivity index (χ1v) is 40.1. The summed E-state index contributed by atoms with van der Waals surface area (Å²) < 4.78 is 40.9. The van der Waals surface area contributed by atoms with E-state index in [4.69, 9.17) is 28.4 Å². The second-order valence-corrected chi connectivity index (χ2v) is 38.7. The highest BCUT2D eigenvalue weighted by atomic mass is 16.5. The van der Waals surface area contributed by atoms with E-state index in [0.717, 1.165) is 22.3 Å². The first kappa shape index (κ1) is 87.4. The molecule has 4 heterocycles. The maximum Gasteiger partial charge on any atom is 0.338 e. The largest absolute Gasteiger partial charge is 0.489 e. The molecular formula is C96H120N10O10. The van der Waals surface area contributed by atoms with Gasteiger partial charge in [0.15, 0.2) is 0 Å². The highest BCUT2D eigenvalue weighted by molar-refractivity contribution is 5.95. The number of rotatable bonds is 27. The van der Waals surface area contributed by atoms with Crippen LogP contribution in [0.3, 0.4) is 0 Å². The molecule has 0 spiro atoms. The first-order valence-electron chi connectivity index (χ1n) is 40.1. The fourth-order valence-corrected chi connectivity index (χ4v) is 12.5. The number of ether oxygens (including phenoxy) is 6. The van der Waals surface area contributed by atoms with Crippen molar-refractivity contribution in [2.75, 3.05) is 13.1 Å². The van der Waals surface area contributed by atoms with Crippen molar-refractivity contribution in [3.05, 3.63) is 259 Å². The monoisotopic (exact) mass is 1570 g/mol. The van der Waals surface area contributed by atoms with E-state index in [1.807, 2.05) is 12.1 Å². The fourth-order valence-electron chi connectivity index (χ4n) is 12.5. The van der Waals surface area contributed by atoms with Gasteiger partial charge < -0.3 is 39.1 Å². The number of pyridine rings is 2. The van der Waals surface area contributed by atoms with E-state index in [1.54, 1.807) is 70.3 Å². The Kier molecular flexibility index (Phi) is 26.5. The zero-order valence-corrected chi connectivity index (χ0v) is 72.7. The Morgan fingerprint density at radius 1 is 0.310 bits per heavy atom. The normalized spacial score (nSPS) is 12.4. The standard InChI is InChI=1S/C96H120N10O10/c1-89(2,3)69-33-61(34-70(45-69)90(4,5)6)55-111-79-41-67(42-80(49-79)112-56-62-35-71(91(7,8)9)46-72(36-62)92(10,11)12)87(109)115-59-77-53-105(103-101-77)31-29-97-85(107)65-25-27-83(99-51-65)84-28-26-66(52-100-84)86(108)98-30-32-106-54-78(102-104-106)60-116-88(110)68-43-81(113-57-63-37-73(93(13,14)15)47-74(38-63)94(16,17)18)50-82(44-68)114-58-64-39-75(95(19,20)21)48-76(40-64)96(22,23)24/h25-28,33-54H,29-32,55-60H2,1-24H3,(H,97,107)(H,98,108). The number of nitrogens with zero attached hydrogens (tertiary/aromatic N) is 8. The molecule has 0 saturated heterocycles. The van der Waals surface area contributed by atoms with Gasteiger partial charge in [0.1, 0.15) is 74.0 Å². The van der Waals surface area contributed by atoms with Gasteiger partial charge >= 0.3 is 11.9 Å². The number of esters is 2. The maximum absolute atomic E-state index is 14.0. The van der Waals surface area contributed by atoms with Crippen LogP contribution in [-0.2, 0) is 106 Å². The number of aromatic nitrogens is 8. The average molecular weight is 1570 g/mol. The van der Waals surface area contributed by atoms with Crippen LogP contribution in [0.4, 0.5) is 0 Å². The molecule has 2 amide bonds. The van der Waals surface area contributed by atoms with Gasteiger partial charge in [0, 0.05) is 37.6 Å². The molecule has 614 valence electrons. The Bertz CT molecular complexity index is 4490. The van der Waals surface area contributed by atoms with Crippen molar-refractivity contribution in [2.24, 2.45) is 0 Å². The number of nitrogens with one attached hydrogen (secondary N) is 2. The molecule has 2 N–H and O–H groups in total. The molecule has 0 atom stereocenters. The highest BCUT2D eigenvalue weighted by Crippen LogP contribution is 2.38. The minimum absolute atomic E-state index is 0.0825. The Morgan fingerprint density at radius 3 is 0.784 bits per heavy atom. The molecule has 0 radical (unpaired) electrons. The molecular weight excluding hydrogens is 1450 g/mol. The van der Waals surface area contributed by atoms with Gasteiger partial charge in [-0.2, -0.15) is 0 Å². The second-order valence-electron chi connectivity index (χ2n) is 38.7. The van der Waals surface area contributed by atoms with Gasteiger partial charge in [-0.3, -0.25) is 28.9 Å². The van der Waals surface area contributed by atoms with Gasteiger partial charge in [0.05, 0.1) is 59.1 Å². The summed E-state index contributed by atoms with van der Waals surface area (Å²) in [4.78, 5) is 63.6. The number of carbonyl (C=O) groups is 4. The summed E-state index contributed by atoms with van der Waals surface area (Å²) in [7, 11) is 0. The molecule has 10 rings (SSSR count). The van der Waals surface area contributed by atoms with Crippen molar-refractivity contribution in [1.29, 1.82) is 0 Å².